The molecule has 0 bridgehead atoms. The van der Waals surface area contributed by atoms with Gasteiger partial charge in [0, 0.05) is 5.56 Å². The van der Waals surface area contributed by atoms with Crippen LogP contribution in [0.15, 0.2) is 21.7 Å². The summed E-state index contributed by atoms with van der Waals surface area (Å²) in [6.07, 6.45) is 2.73. The number of aliphatic carboxylic acids is 1. The molecule has 1 N–H and O–H groups in total. The summed E-state index contributed by atoms with van der Waals surface area (Å²) in [5.41, 5.74) is 3.15. The Balaban J connectivity index is 2.02. The summed E-state index contributed by atoms with van der Waals surface area (Å²) in [7, 11) is 0. The van der Waals surface area contributed by atoms with Crippen LogP contribution in [-0.2, 0) is 4.79 Å². The molecule has 2 aromatic heterocycles. The Hall–Kier alpha value is -2.81. The third-order valence-electron chi connectivity index (χ3n) is 3.88. The molecule has 1 aromatic carbocycles. The monoisotopic (exact) mass is 403 g/mol. The Morgan fingerprint density at radius 3 is 2.50 bits per heavy atom. The molecule has 8 nitrogen and oxygen atoms in total. The van der Waals surface area contributed by atoms with Crippen molar-refractivity contribution < 1.29 is 23.8 Å². The molecule has 0 atom stereocenters. The summed E-state index contributed by atoms with van der Waals surface area (Å²) >= 11 is 1.40. The van der Waals surface area contributed by atoms with Crippen LogP contribution < -0.4 is 9.47 Å². The highest BCUT2D eigenvalue weighted by molar-refractivity contribution is 7.98. The summed E-state index contributed by atoms with van der Waals surface area (Å²) in [4.78, 5) is 24.1. The smallest absolute Gasteiger partial charge is 0.341 e. The predicted octanol–water partition coefficient (Wildman–Crippen LogP) is 3.88. The van der Waals surface area contributed by atoms with Gasteiger partial charge in [-0.2, -0.15) is 9.97 Å². The van der Waals surface area contributed by atoms with E-state index in [1.807, 2.05) is 39.2 Å². The number of carboxylic acids is 1. The fourth-order valence-corrected chi connectivity index (χ4v) is 3.08. The molecule has 0 saturated heterocycles. The topological polar surface area (TPSA) is 108 Å². The number of thioether (sulfide) groups is 1. The lowest BCUT2D eigenvalue weighted by Crippen LogP contribution is -2.10. The molecule has 0 fully saturated rings. The fraction of sp³-hybridized carbons (Fsp3) is 0.368. The second-order valence-corrected chi connectivity index (χ2v) is 6.93. The number of rotatable bonds is 8. The van der Waals surface area contributed by atoms with Crippen molar-refractivity contribution in [2.75, 3.05) is 19.5 Å². The lowest BCUT2D eigenvalue weighted by molar-refractivity contribution is -0.139. The van der Waals surface area contributed by atoms with Crippen molar-refractivity contribution in [3.8, 4) is 23.1 Å². The number of carbonyl (C=O) groups is 1. The molecule has 0 aliphatic carbocycles. The van der Waals surface area contributed by atoms with Crippen LogP contribution in [0.2, 0.25) is 0 Å². The minimum Gasteiger partial charge on any atom is -0.481 e. The van der Waals surface area contributed by atoms with Crippen LogP contribution in [0, 0.1) is 13.8 Å². The molecular formula is C19H21N3O5S. The number of oxazole rings is 1. The molecule has 28 heavy (non-hydrogen) atoms. The van der Waals surface area contributed by atoms with Crippen molar-refractivity contribution in [3.05, 3.63) is 23.3 Å². The lowest BCUT2D eigenvalue weighted by atomic mass is 10.1. The number of ether oxygens (including phenoxy) is 2. The Labute approximate surface area is 166 Å². The second kappa shape index (κ2) is 8.47. The molecule has 0 aliphatic rings. The van der Waals surface area contributed by atoms with Crippen molar-refractivity contribution in [1.29, 1.82) is 0 Å². The van der Waals surface area contributed by atoms with E-state index in [1.54, 1.807) is 0 Å². The van der Waals surface area contributed by atoms with Gasteiger partial charge in [0.05, 0.1) is 6.61 Å². The van der Waals surface area contributed by atoms with Crippen molar-refractivity contribution in [1.82, 2.24) is 15.0 Å². The van der Waals surface area contributed by atoms with Crippen LogP contribution in [0.1, 0.15) is 24.5 Å². The van der Waals surface area contributed by atoms with Crippen LogP contribution in [0.5, 0.6) is 11.6 Å². The van der Waals surface area contributed by atoms with Crippen LogP contribution in [0.25, 0.3) is 22.7 Å². The number of nitrogens with zero attached hydrogens (tertiary/aromatic N) is 3. The van der Waals surface area contributed by atoms with Gasteiger partial charge in [0.1, 0.15) is 5.75 Å². The van der Waals surface area contributed by atoms with Gasteiger partial charge in [-0.1, -0.05) is 18.7 Å². The third-order valence-corrected chi connectivity index (χ3v) is 4.43. The number of hydrogen-bond acceptors (Lipinski definition) is 8. The highest BCUT2D eigenvalue weighted by Gasteiger charge is 2.19. The minimum absolute atomic E-state index is 0.363. The van der Waals surface area contributed by atoms with Crippen LogP contribution >= 0.6 is 11.8 Å². The number of benzene rings is 1. The van der Waals surface area contributed by atoms with Crippen LogP contribution in [-0.4, -0.2) is 45.5 Å². The van der Waals surface area contributed by atoms with E-state index >= 15 is 0 Å². The number of carboxylic acid groups (broad SMARTS) is 1. The molecule has 0 amide bonds. The van der Waals surface area contributed by atoms with E-state index in [9.17, 15) is 4.79 Å². The zero-order valence-corrected chi connectivity index (χ0v) is 16.9. The maximum absolute atomic E-state index is 10.8. The van der Waals surface area contributed by atoms with Gasteiger partial charge >= 0.3 is 5.97 Å². The average molecular weight is 403 g/mol. The van der Waals surface area contributed by atoms with Gasteiger partial charge in [-0.25, -0.2) is 9.78 Å². The summed E-state index contributed by atoms with van der Waals surface area (Å²) in [6, 6.07) is 3.68. The highest BCUT2D eigenvalue weighted by atomic mass is 32.2. The Kier molecular flexibility index (Phi) is 6.03. The molecule has 0 saturated carbocycles. The van der Waals surface area contributed by atoms with Crippen LogP contribution in [0.4, 0.5) is 0 Å². The van der Waals surface area contributed by atoms with Gasteiger partial charge in [0.25, 0.3) is 5.71 Å². The van der Waals surface area contributed by atoms with Crippen molar-refractivity contribution in [2.45, 2.75) is 32.3 Å². The molecule has 0 aliphatic heterocycles. The molecule has 3 aromatic rings. The lowest BCUT2D eigenvalue weighted by Gasteiger charge is -2.11. The van der Waals surface area contributed by atoms with Gasteiger partial charge in [-0.15, -0.1) is 0 Å². The van der Waals surface area contributed by atoms with Gasteiger partial charge < -0.3 is 19.0 Å². The minimum atomic E-state index is -1.02. The summed E-state index contributed by atoms with van der Waals surface area (Å²) in [6.45, 7) is 5.84. The van der Waals surface area contributed by atoms with E-state index in [1.165, 1.54) is 11.8 Å². The van der Waals surface area contributed by atoms with E-state index in [0.29, 0.717) is 40.5 Å². The SMILES string of the molecule is CCCOc1nc(SC)nc2oc(-c3cc(C)c(OCC(=O)O)c(C)c3)nc12. The van der Waals surface area contributed by atoms with Crippen LogP contribution in [0.3, 0.4) is 0 Å². The van der Waals surface area contributed by atoms with Gasteiger partial charge in [-0.05, 0) is 49.8 Å². The Morgan fingerprint density at radius 2 is 1.89 bits per heavy atom. The number of aromatic nitrogens is 3. The Morgan fingerprint density at radius 1 is 1.18 bits per heavy atom. The number of fused-ring (bicyclic) bond motifs is 1. The maximum Gasteiger partial charge on any atom is 0.341 e. The van der Waals surface area contributed by atoms with E-state index in [4.69, 9.17) is 19.0 Å². The quantitative estimate of drug-likeness (QED) is 0.443. The largest absolute Gasteiger partial charge is 0.481 e. The van der Waals surface area contributed by atoms with Crippen molar-refractivity contribution >= 4 is 29.0 Å². The summed E-state index contributed by atoms with van der Waals surface area (Å²) in [5, 5.41) is 9.37. The van der Waals surface area contributed by atoms with Gasteiger partial charge in [-0.3, -0.25) is 0 Å². The zero-order valence-electron chi connectivity index (χ0n) is 16.1. The molecule has 2 heterocycles. The molecule has 0 spiro atoms. The molecule has 0 unspecified atom stereocenters. The average Bonchev–Trinajstić information content (AvgIpc) is 3.09. The standard InChI is InChI=1S/C19H21N3O5S/c1-5-6-25-17-14-18(22-19(21-17)28-4)27-16(20-14)12-7-10(2)15(11(3)8-12)26-9-13(23)24/h7-8H,5-6,9H2,1-4H3,(H,23,24). The molecule has 148 valence electrons. The van der Waals surface area contributed by atoms with Gasteiger partial charge in [0.15, 0.2) is 17.3 Å². The normalized spacial score (nSPS) is 11.0. The summed E-state index contributed by atoms with van der Waals surface area (Å²) in [5.74, 6) is 0.309. The second-order valence-electron chi connectivity index (χ2n) is 6.16. The predicted molar refractivity (Wildman–Crippen MR) is 105 cm³/mol. The van der Waals surface area contributed by atoms with Gasteiger partial charge in [0.2, 0.25) is 11.8 Å². The first-order valence-electron chi connectivity index (χ1n) is 8.74. The van der Waals surface area contributed by atoms with Crippen molar-refractivity contribution in [2.24, 2.45) is 0 Å². The molecule has 0 radical (unpaired) electrons. The highest BCUT2D eigenvalue weighted by Crippen LogP contribution is 2.33. The van der Waals surface area contributed by atoms with E-state index in [-0.39, 0.29) is 0 Å². The third kappa shape index (κ3) is 4.19. The molecule has 3 rings (SSSR count). The first-order valence-corrected chi connectivity index (χ1v) is 9.97. The van der Waals surface area contributed by atoms with E-state index in [0.717, 1.165) is 23.1 Å². The zero-order chi connectivity index (χ0) is 20.3. The Bertz CT molecular complexity index is 995. The summed E-state index contributed by atoms with van der Waals surface area (Å²) < 4.78 is 17.0. The molecular weight excluding hydrogens is 382 g/mol. The van der Waals surface area contributed by atoms with E-state index < -0.39 is 12.6 Å². The number of hydrogen-bond donors (Lipinski definition) is 1. The van der Waals surface area contributed by atoms with Crippen molar-refractivity contribution in [3.63, 3.8) is 0 Å². The first kappa shape index (κ1) is 19.9. The van der Waals surface area contributed by atoms with E-state index in [2.05, 4.69) is 15.0 Å². The first-order chi connectivity index (χ1) is 13.4. The maximum atomic E-state index is 10.8. The fourth-order valence-electron chi connectivity index (χ4n) is 2.73. The number of aryl methyl sites for hydroxylation is 2. The molecule has 9 heteroatoms.